The van der Waals surface area contributed by atoms with Gasteiger partial charge < -0.3 is 0 Å². The minimum Gasteiger partial charge on any atom is -0.253 e. The molecule has 0 aromatic heterocycles. The Labute approximate surface area is 102 Å². The lowest BCUT2D eigenvalue weighted by molar-refractivity contribution is 0.839. The van der Waals surface area contributed by atoms with Crippen LogP contribution in [0, 0.1) is 0 Å². The number of aryl methyl sites for hydroxylation is 1. The van der Waals surface area contributed by atoms with Crippen molar-refractivity contribution in [1.29, 1.82) is 0 Å². The van der Waals surface area contributed by atoms with E-state index in [0.29, 0.717) is 0 Å². The fraction of sp³-hybridized carbons (Fsp3) is 0.188. The first kappa shape index (κ1) is 10.3. The van der Waals surface area contributed by atoms with E-state index in [-0.39, 0.29) is 0 Å². The van der Waals surface area contributed by atoms with Gasteiger partial charge in [-0.15, -0.1) is 0 Å². The summed E-state index contributed by atoms with van der Waals surface area (Å²) >= 11 is 0. The summed E-state index contributed by atoms with van der Waals surface area (Å²) < 4.78 is 0. The van der Waals surface area contributed by atoms with Gasteiger partial charge in [-0.1, -0.05) is 42.5 Å². The van der Waals surface area contributed by atoms with Crippen molar-refractivity contribution in [1.82, 2.24) is 0 Å². The lowest BCUT2D eigenvalue weighted by atomic mass is 9.90. The molecule has 0 spiro atoms. The molecule has 0 aliphatic heterocycles. The normalized spacial score (nSPS) is 16.8. The maximum absolute atomic E-state index is 4.78. The number of hydrogen-bond donors (Lipinski definition) is 0. The molecule has 0 heterocycles. The van der Waals surface area contributed by atoms with Crippen LogP contribution < -0.4 is 0 Å². The van der Waals surface area contributed by atoms with Crippen molar-refractivity contribution in [3.8, 4) is 0 Å². The van der Waals surface area contributed by atoms with Gasteiger partial charge in [0.05, 0.1) is 5.69 Å². The monoisotopic (exact) mass is 221 g/mol. The third kappa shape index (κ3) is 2.14. The van der Waals surface area contributed by atoms with Gasteiger partial charge in [0.1, 0.15) is 0 Å². The molecule has 0 bridgehead atoms. The lowest BCUT2D eigenvalue weighted by Crippen LogP contribution is -2.11. The van der Waals surface area contributed by atoms with E-state index in [9.17, 15) is 0 Å². The summed E-state index contributed by atoms with van der Waals surface area (Å²) in [5.74, 6) is 0. The number of fused-ring (bicyclic) bond motifs is 1. The number of benzene rings is 2. The molecule has 1 aliphatic rings. The van der Waals surface area contributed by atoms with Crippen molar-refractivity contribution in [3.63, 3.8) is 0 Å². The summed E-state index contributed by atoms with van der Waals surface area (Å²) in [7, 11) is 0. The Kier molecular flexibility index (Phi) is 2.74. The van der Waals surface area contributed by atoms with E-state index in [4.69, 9.17) is 4.99 Å². The van der Waals surface area contributed by atoms with E-state index in [1.54, 1.807) is 0 Å². The van der Waals surface area contributed by atoms with E-state index >= 15 is 0 Å². The molecule has 1 nitrogen and oxygen atoms in total. The lowest BCUT2D eigenvalue weighted by Gasteiger charge is -2.17. The van der Waals surface area contributed by atoms with E-state index in [1.165, 1.54) is 29.7 Å². The molecule has 2 aromatic rings. The van der Waals surface area contributed by atoms with Crippen molar-refractivity contribution in [2.45, 2.75) is 19.3 Å². The second kappa shape index (κ2) is 4.54. The van der Waals surface area contributed by atoms with Crippen LogP contribution in [0.3, 0.4) is 0 Å². The third-order valence-corrected chi connectivity index (χ3v) is 3.21. The van der Waals surface area contributed by atoms with Crippen LogP contribution in [-0.4, -0.2) is 5.71 Å². The second-order valence-corrected chi connectivity index (χ2v) is 4.40. The van der Waals surface area contributed by atoms with E-state index in [0.717, 1.165) is 12.1 Å². The van der Waals surface area contributed by atoms with Crippen LogP contribution in [0.5, 0.6) is 0 Å². The van der Waals surface area contributed by atoms with Crippen LogP contribution in [-0.2, 0) is 6.42 Å². The van der Waals surface area contributed by atoms with Gasteiger partial charge in [0.15, 0.2) is 0 Å². The summed E-state index contributed by atoms with van der Waals surface area (Å²) in [5, 5.41) is 0. The zero-order valence-electron chi connectivity index (χ0n) is 9.76. The molecule has 0 saturated heterocycles. The van der Waals surface area contributed by atoms with Crippen LogP contribution in [0.25, 0.3) is 0 Å². The van der Waals surface area contributed by atoms with Gasteiger partial charge >= 0.3 is 0 Å². The smallest absolute Gasteiger partial charge is 0.0633 e. The van der Waals surface area contributed by atoms with Crippen LogP contribution in [0.2, 0.25) is 0 Å². The average molecular weight is 221 g/mol. The molecular weight excluding hydrogens is 206 g/mol. The van der Waals surface area contributed by atoms with Crippen molar-refractivity contribution in [2.75, 3.05) is 0 Å². The average Bonchev–Trinajstić information content (AvgIpc) is 2.40. The predicted octanol–water partition coefficient (Wildman–Crippen LogP) is 4.14. The zero-order valence-corrected chi connectivity index (χ0v) is 9.76. The Morgan fingerprint density at radius 3 is 2.41 bits per heavy atom. The van der Waals surface area contributed by atoms with Crippen LogP contribution >= 0.6 is 0 Å². The number of nitrogens with zero attached hydrogens (tertiary/aromatic N) is 1. The summed E-state index contributed by atoms with van der Waals surface area (Å²) in [5.41, 5.74) is 5.06. The highest BCUT2D eigenvalue weighted by atomic mass is 14.7. The Hall–Kier alpha value is -1.89. The zero-order chi connectivity index (χ0) is 11.5. The van der Waals surface area contributed by atoms with Crippen molar-refractivity contribution in [3.05, 3.63) is 65.7 Å². The summed E-state index contributed by atoms with van der Waals surface area (Å²) in [6.07, 6.45) is 3.48. The van der Waals surface area contributed by atoms with Gasteiger partial charge in [0.2, 0.25) is 0 Å². The quantitative estimate of drug-likeness (QED) is 0.686. The van der Waals surface area contributed by atoms with Gasteiger partial charge in [-0.3, -0.25) is 4.99 Å². The highest BCUT2D eigenvalue weighted by Crippen LogP contribution is 2.24. The molecule has 0 unspecified atom stereocenters. The molecular formula is C16H15N. The van der Waals surface area contributed by atoms with E-state index in [1.807, 2.05) is 18.2 Å². The van der Waals surface area contributed by atoms with Gasteiger partial charge in [0, 0.05) is 5.71 Å². The predicted molar refractivity (Wildman–Crippen MR) is 72.0 cm³/mol. The first-order valence-electron chi connectivity index (χ1n) is 6.14. The number of para-hydroxylation sites is 1. The molecule has 84 valence electrons. The number of hydrogen-bond acceptors (Lipinski definition) is 1. The summed E-state index contributed by atoms with van der Waals surface area (Å²) in [4.78, 5) is 4.78. The minimum atomic E-state index is 1.05. The maximum Gasteiger partial charge on any atom is 0.0633 e. The molecule has 0 fully saturated rings. The molecule has 3 rings (SSSR count). The fourth-order valence-electron chi connectivity index (χ4n) is 2.38. The van der Waals surface area contributed by atoms with Gasteiger partial charge in [-0.25, -0.2) is 0 Å². The highest BCUT2D eigenvalue weighted by Gasteiger charge is 2.14. The topological polar surface area (TPSA) is 12.4 Å². The van der Waals surface area contributed by atoms with Crippen molar-refractivity contribution < 1.29 is 0 Å². The van der Waals surface area contributed by atoms with Gasteiger partial charge in [-0.05, 0) is 42.5 Å². The van der Waals surface area contributed by atoms with Crippen LogP contribution in [0.4, 0.5) is 5.69 Å². The second-order valence-electron chi connectivity index (χ2n) is 4.40. The molecule has 0 amide bonds. The molecule has 0 radical (unpaired) electrons. The molecule has 1 aliphatic carbocycles. The SMILES string of the molecule is c1ccc(/N=C2/CCCc3ccccc32)cc1. The Bertz CT molecular complexity index is 540. The molecule has 1 heteroatoms. The van der Waals surface area contributed by atoms with E-state index in [2.05, 4.69) is 36.4 Å². The van der Waals surface area contributed by atoms with Gasteiger partial charge in [-0.2, -0.15) is 0 Å². The largest absolute Gasteiger partial charge is 0.253 e. The van der Waals surface area contributed by atoms with Crippen LogP contribution in [0.15, 0.2) is 59.6 Å². The Balaban J connectivity index is 2.03. The molecule has 0 N–H and O–H groups in total. The first-order chi connectivity index (χ1) is 8.43. The Morgan fingerprint density at radius 1 is 0.765 bits per heavy atom. The fourth-order valence-corrected chi connectivity index (χ4v) is 2.38. The third-order valence-electron chi connectivity index (χ3n) is 3.21. The van der Waals surface area contributed by atoms with Crippen LogP contribution in [0.1, 0.15) is 24.0 Å². The first-order valence-corrected chi connectivity index (χ1v) is 6.14. The Morgan fingerprint density at radius 2 is 1.53 bits per heavy atom. The number of rotatable bonds is 1. The minimum absolute atomic E-state index is 1.05. The van der Waals surface area contributed by atoms with Gasteiger partial charge in [0.25, 0.3) is 0 Å². The highest BCUT2D eigenvalue weighted by molar-refractivity contribution is 6.04. The molecule has 0 atom stereocenters. The summed E-state index contributed by atoms with van der Waals surface area (Å²) in [6, 6.07) is 18.8. The standard InChI is InChI=1S/C16H15N/c1-2-9-14(10-3-1)17-16-12-6-8-13-7-4-5-11-15(13)16/h1-5,7,9-11H,6,8,12H2/b17-16-. The van der Waals surface area contributed by atoms with E-state index < -0.39 is 0 Å². The summed E-state index contributed by atoms with van der Waals surface area (Å²) in [6.45, 7) is 0. The van der Waals surface area contributed by atoms with Crippen molar-refractivity contribution in [2.24, 2.45) is 4.99 Å². The molecule has 17 heavy (non-hydrogen) atoms. The maximum atomic E-state index is 4.78. The molecule has 0 saturated carbocycles. The molecule has 2 aromatic carbocycles. The van der Waals surface area contributed by atoms with Crippen molar-refractivity contribution >= 4 is 11.4 Å². The number of aliphatic imine (C=N–C) groups is 1.